The van der Waals surface area contributed by atoms with Crippen LogP contribution in [0.4, 0.5) is 23.1 Å². The van der Waals surface area contributed by atoms with E-state index in [4.69, 9.17) is 23.9 Å². The second-order valence-corrected chi connectivity index (χ2v) is 12.5. The fraction of sp³-hybridized carbons (Fsp3) is 0.676. The number of carbonyl (C=O) groups is 1. The minimum Gasteiger partial charge on any atom is -0.495 e. The molecule has 1 aromatic carbocycles. The van der Waals surface area contributed by atoms with E-state index in [1.165, 1.54) is 12.8 Å². The first-order valence-electron chi connectivity index (χ1n) is 17.2. The summed E-state index contributed by atoms with van der Waals surface area (Å²) < 4.78 is 22.7. The molecule has 3 heterocycles. The number of anilines is 4. The Bertz CT molecular complexity index is 1290. The number of amides is 1. The molecule has 2 aliphatic heterocycles. The molecule has 0 spiro atoms. The maximum absolute atomic E-state index is 12.9. The van der Waals surface area contributed by atoms with Gasteiger partial charge in [0.05, 0.1) is 64.2 Å². The Balaban J connectivity index is 1.13. The van der Waals surface area contributed by atoms with Gasteiger partial charge in [0.25, 0.3) is 5.91 Å². The molecular formula is C34H53N7O6. The third kappa shape index (κ3) is 8.63. The number of aromatic nitrogens is 2. The second kappa shape index (κ2) is 17.3. The predicted octanol–water partition coefficient (Wildman–Crippen LogP) is 3.08. The van der Waals surface area contributed by atoms with Crippen molar-refractivity contribution in [2.45, 2.75) is 76.3 Å². The number of ether oxygens (including phenoxy) is 4. The van der Waals surface area contributed by atoms with Crippen LogP contribution in [0.1, 0.15) is 62.2 Å². The molecule has 1 aliphatic carbocycles. The molecule has 3 N–H and O–H groups in total. The Morgan fingerprint density at radius 1 is 1.09 bits per heavy atom. The SMILES string of the molecule is CC[C@@H]1C(O)N(C)c2cnc(N(C)c3ccc(C(=O)NCCOCCOCCOC4CCNCC4)cc3OC)nc2N1C1CCCC1. The number of rotatable bonds is 16. The fourth-order valence-corrected chi connectivity index (χ4v) is 6.79. The van der Waals surface area contributed by atoms with E-state index in [1.54, 1.807) is 25.4 Å². The van der Waals surface area contributed by atoms with Crippen molar-refractivity contribution in [1.82, 2.24) is 20.6 Å². The van der Waals surface area contributed by atoms with Crippen LogP contribution in [0.25, 0.3) is 0 Å². The van der Waals surface area contributed by atoms with E-state index in [9.17, 15) is 9.90 Å². The molecule has 3 aliphatic rings. The van der Waals surface area contributed by atoms with Crippen LogP contribution in [0.15, 0.2) is 24.4 Å². The van der Waals surface area contributed by atoms with E-state index >= 15 is 0 Å². The van der Waals surface area contributed by atoms with Crippen LogP contribution >= 0.6 is 0 Å². The van der Waals surface area contributed by atoms with Crippen LogP contribution < -0.4 is 30.1 Å². The molecule has 1 unspecified atom stereocenters. The molecule has 2 fully saturated rings. The minimum atomic E-state index is -0.626. The van der Waals surface area contributed by atoms with Crippen molar-refractivity contribution in [3.05, 3.63) is 30.0 Å². The van der Waals surface area contributed by atoms with Crippen LogP contribution in [0.3, 0.4) is 0 Å². The zero-order chi connectivity index (χ0) is 33.2. The fourth-order valence-electron chi connectivity index (χ4n) is 6.79. The van der Waals surface area contributed by atoms with Crippen molar-refractivity contribution in [1.29, 1.82) is 0 Å². The first-order chi connectivity index (χ1) is 22.9. The number of hydrogen-bond donors (Lipinski definition) is 3. The van der Waals surface area contributed by atoms with Crippen LogP contribution in [-0.2, 0) is 14.2 Å². The minimum absolute atomic E-state index is 0.0521. The summed E-state index contributed by atoms with van der Waals surface area (Å²) in [6, 6.07) is 5.63. The van der Waals surface area contributed by atoms with E-state index in [1.807, 2.05) is 30.0 Å². The normalized spacial score (nSPS) is 20.4. The molecular weight excluding hydrogens is 602 g/mol. The number of methoxy groups -OCH3 is 1. The Labute approximate surface area is 278 Å². The smallest absolute Gasteiger partial charge is 0.251 e. The standard InChI is InChI=1S/C34H53N7O6/c1-5-27-33(43)39(2)29-23-37-34(38-31(29)41(27)25-8-6-7-9-25)40(3)28-11-10-24(22-30(28)44-4)32(42)36-16-17-45-18-19-46-20-21-47-26-12-14-35-15-13-26/h10-11,22-23,25-27,33,35,43H,5-9,12-21H2,1-4H3,(H,36,42)/t27-,33?/m1/s1. The average molecular weight is 656 g/mol. The van der Waals surface area contributed by atoms with Gasteiger partial charge >= 0.3 is 0 Å². The molecule has 2 atom stereocenters. The molecule has 1 saturated heterocycles. The Morgan fingerprint density at radius 2 is 1.81 bits per heavy atom. The summed E-state index contributed by atoms with van der Waals surface area (Å²) in [4.78, 5) is 28.7. The van der Waals surface area contributed by atoms with E-state index in [0.717, 1.165) is 62.4 Å². The van der Waals surface area contributed by atoms with Crippen molar-refractivity contribution < 1.29 is 28.8 Å². The quantitative estimate of drug-likeness (QED) is 0.230. The van der Waals surface area contributed by atoms with Crippen molar-refractivity contribution in [2.75, 3.05) is 88.6 Å². The monoisotopic (exact) mass is 655 g/mol. The Kier molecular flexibility index (Phi) is 12.9. The molecule has 1 saturated carbocycles. The van der Waals surface area contributed by atoms with Crippen LogP contribution in [0.5, 0.6) is 5.75 Å². The number of aliphatic hydroxyl groups is 1. The van der Waals surface area contributed by atoms with Crippen LogP contribution in [-0.4, -0.2) is 119 Å². The summed E-state index contributed by atoms with van der Waals surface area (Å²) in [5.41, 5.74) is 2.03. The third-order valence-corrected chi connectivity index (χ3v) is 9.47. The number of aliphatic hydroxyl groups excluding tert-OH is 1. The molecule has 0 radical (unpaired) electrons. The number of piperidine rings is 1. The highest BCUT2D eigenvalue weighted by Gasteiger charge is 2.41. The average Bonchev–Trinajstić information content (AvgIpc) is 3.64. The summed E-state index contributed by atoms with van der Waals surface area (Å²) in [5.74, 6) is 1.68. The van der Waals surface area contributed by atoms with Crippen molar-refractivity contribution in [3.8, 4) is 5.75 Å². The first-order valence-corrected chi connectivity index (χ1v) is 17.2. The molecule has 13 nitrogen and oxygen atoms in total. The highest BCUT2D eigenvalue weighted by atomic mass is 16.5. The van der Waals surface area contributed by atoms with E-state index in [-0.39, 0.29) is 11.9 Å². The molecule has 1 aromatic heterocycles. The third-order valence-electron chi connectivity index (χ3n) is 9.47. The predicted molar refractivity (Wildman–Crippen MR) is 182 cm³/mol. The van der Waals surface area contributed by atoms with E-state index in [2.05, 4.69) is 27.4 Å². The number of nitrogens with one attached hydrogen (secondary N) is 2. The van der Waals surface area contributed by atoms with Crippen molar-refractivity contribution in [3.63, 3.8) is 0 Å². The summed E-state index contributed by atoms with van der Waals surface area (Å²) >= 11 is 0. The molecule has 0 bridgehead atoms. The zero-order valence-corrected chi connectivity index (χ0v) is 28.4. The number of nitrogens with zero attached hydrogens (tertiary/aromatic N) is 5. The molecule has 2 aromatic rings. The lowest BCUT2D eigenvalue weighted by atomic mass is 10.0. The number of likely N-dealkylation sites (N-methyl/N-ethyl adjacent to an activating group) is 1. The topological polar surface area (TPSA) is 134 Å². The van der Waals surface area contributed by atoms with Gasteiger partial charge in [0.2, 0.25) is 5.95 Å². The van der Waals surface area contributed by atoms with Gasteiger partial charge < -0.3 is 49.4 Å². The summed E-state index contributed by atoms with van der Waals surface area (Å²) in [6.07, 6.45) is 8.97. The molecule has 47 heavy (non-hydrogen) atoms. The first kappa shape index (κ1) is 35.1. The van der Waals surface area contributed by atoms with Gasteiger partial charge in [0.15, 0.2) is 5.82 Å². The number of carbonyl (C=O) groups excluding carboxylic acids is 1. The highest BCUT2D eigenvalue weighted by molar-refractivity contribution is 5.95. The second-order valence-electron chi connectivity index (χ2n) is 12.5. The number of benzene rings is 1. The lowest BCUT2D eigenvalue weighted by molar-refractivity contribution is -0.0194. The largest absolute Gasteiger partial charge is 0.495 e. The van der Waals surface area contributed by atoms with Crippen molar-refractivity contribution in [2.24, 2.45) is 0 Å². The zero-order valence-electron chi connectivity index (χ0n) is 28.4. The number of fused-ring (bicyclic) bond motifs is 1. The van der Waals surface area contributed by atoms with Gasteiger partial charge in [0, 0.05) is 32.2 Å². The Morgan fingerprint density at radius 3 is 2.53 bits per heavy atom. The summed E-state index contributed by atoms with van der Waals surface area (Å²) in [7, 11) is 5.37. The van der Waals surface area contributed by atoms with Gasteiger partial charge in [-0.2, -0.15) is 4.98 Å². The molecule has 5 rings (SSSR count). The molecule has 260 valence electrons. The lowest BCUT2D eigenvalue weighted by Gasteiger charge is -2.48. The Hall–Kier alpha value is -3.23. The van der Waals surface area contributed by atoms with Crippen molar-refractivity contribution >= 4 is 29.0 Å². The number of hydrogen-bond acceptors (Lipinski definition) is 12. The summed E-state index contributed by atoms with van der Waals surface area (Å²) in [5, 5.41) is 17.4. The maximum atomic E-state index is 12.9. The lowest BCUT2D eigenvalue weighted by Crippen LogP contribution is -2.58. The van der Waals surface area contributed by atoms with E-state index in [0.29, 0.717) is 69.0 Å². The highest BCUT2D eigenvalue weighted by Crippen LogP contribution is 2.42. The van der Waals surface area contributed by atoms with Gasteiger partial charge in [-0.15, -0.1) is 0 Å². The van der Waals surface area contributed by atoms with Gasteiger partial charge in [-0.25, -0.2) is 4.98 Å². The van der Waals surface area contributed by atoms with Crippen LogP contribution in [0, 0.1) is 0 Å². The van der Waals surface area contributed by atoms with Gasteiger partial charge in [-0.1, -0.05) is 19.8 Å². The maximum Gasteiger partial charge on any atom is 0.251 e. The van der Waals surface area contributed by atoms with E-state index < -0.39 is 6.23 Å². The summed E-state index contributed by atoms with van der Waals surface area (Å²) in [6.45, 7) is 7.00. The van der Waals surface area contributed by atoms with Gasteiger partial charge in [-0.3, -0.25) is 4.79 Å². The van der Waals surface area contributed by atoms with Crippen LogP contribution in [0.2, 0.25) is 0 Å². The van der Waals surface area contributed by atoms with Gasteiger partial charge in [-0.05, 0) is 63.4 Å². The molecule has 1 amide bonds. The molecule has 13 heteroatoms. The van der Waals surface area contributed by atoms with Gasteiger partial charge in [0.1, 0.15) is 17.7 Å².